The second-order valence-corrected chi connectivity index (χ2v) is 6.66. The molecule has 0 amide bonds. The molecular formula is C20H17BrO3. The van der Waals surface area contributed by atoms with Crippen molar-refractivity contribution in [2.24, 2.45) is 0 Å². The number of hydrogen-bond donors (Lipinski definition) is 0. The zero-order valence-electron chi connectivity index (χ0n) is 13.3. The molecule has 3 aromatic carbocycles. The number of halogens is 1. The van der Waals surface area contributed by atoms with E-state index in [1.807, 2.05) is 19.1 Å². The SMILES string of the molecule is CCOc1cc2ccc(Br)cc2cc1Cc1ccc2c(c1)OCO2. The number of rotatable bonds is 4. The molecule has 0 atom stereocenters. The van der Waals surface area contributed by atoms with Crippen molar-refractivity contribution in [3.05, 3.63) is 64.1 Å². The predicted molar refractivity (Wildman–Crippen MR) is 98.2 cm³/mol. The summed E-state index contributed by atoms with van der Waals surface area (Å²) in [5, 5.41) is 2.37. The van der Waals surface area contributed by atoms with Gasteiger partial charge in [-0.2, -0.15) is 0 Å². The third-order valence-electron chi connectivity index (χ3n) is 4.11. The Morgan fingerprint density at radius 3 is 2.71 bits per heavy atom. The minimum atomic E-state index is 0.299. The highest BCUT2D eigenvalue weighted by Crippen LogP contribution is 2.35. The number of fused-ring (bicyclic) bond motifs is 2. The normalized spacial score (nSPS) is 12.6. The van der Waals surface area contributed by atoms with E-state index in [9.17, 15) is 0 Å². The molecule has 3 nitrogen and oxygen atoms in total. The lowest BCUT2D eigenvalue weighted by molar-refractivity contribution is 0.174. The summed E-state index contributed by atoms with van der Waals surface area (Å²) >= 11 is 3.55. The van der Waals surface area contributed by atoms with E-state index >= 15 is 0 Å². The van der Waals surface area contributed by atoms with Crippen LogP contribution in [0.25, 0.3) is 10.8 Å². The van der Waals surface area contributed by atoms with Gasteiger partial charge in [-0.3, -0.25) is 0 Å². The van der Waals surface area contributed by atoms with Gasteiger partial charge in [0.05, 0.1) is 6.61 Å². The molecule has 24 heavy (non-hydrogen) atoms. The Morgan fingerprint density at radius 2 is 1.83 bits per heavy atom. The molecule has 4 heteroatoms. The van der Waals surface area contributed by atoms with E-state index in [0.717, 1.165) is 28.1 Å². The Balaban J connectivity index is 1.74. The van der Waals surface area contributed by atoms with Crippen molar-refractivity contribution in [2.75, 3.05) is 13.4 Å². The Hall–Kier alpha value is -2.20. The lowest BCUT2D eigenvalue weighted by Gasteiger charge is -2.13. The van der Waals surface area contributed by atoms with Gasteiger partial charge in [-0.25, -0.2) is 0 Å². The van der Waals surface area contributed by atoms with Gasteiger partial charge in [0.1, 0.15) is 5.75 Å². The molecular weight excluding hydrogens is 368 g/mol. The summed E-state index contributed by atoms with van der Waals surface area (Å²) < 4.78 is 17.8. The van der Waals surface area contributed by atoms with E-state index in [1.165, 1.54) is 21.9 Å². The van der Waals surface area contributed by atoms with Gasteiger partial charge in [0, 0.05) is 10.9 Å². The quantitative estimate of drug-likeness (QED) is 0.608. The Labute approximate surface area is 149 Å². The topological polar surface area (TPSA) is 27.7 Å². The summed E-state index contributed by atoms with van der Waals surface area (Å²) in [6.07, 6.45) is 0.786. The van der Waals surface area contributed by atoms with Crippen LogP contribution in [-0.2, 0) is 6.42 Å². The number of benzene rings is 3. The van der Waals surface area contributed by atoms with Crippen molar-refractivity contribution in [2.45, 2.75) is 13.3 Å². The zero-order valence-corrected chi connectivity index (χ0v) is 14.9. The summed E-state index contributed by atoms with van der Waals surface area (Å²) in [6, 6.07) is 16.7. The van der Waals surface area contributed by atoms with Crippen LogP contribution < -0.4 is 14.2 Å². The average molecular weight is 385 g/mol. The number of ether oxygens (including phenoxy) is 3. The molecule has 0 saturated carbocycles. The summed E-state index contributed by atoms with van der Waals surface area (Å²) in [5.41, 5.74) is 2.34. The molecule has 0 spiro atoms. The molecule has 1 aliphatic heterocycles. The van der Waals surface area contributed by atoms with Crippen LogP contribution in [0.3, 0.4) is 0 Å². The molecule has 0 saturated heterocycles. The number of hydrogen-bond acceptors (Lipinski definition) is 3. The highest BCUT2D eigenvalue weighted by molar-refractivity contribution is 9.10. The van der Waals surface area contributed by atoms with Crippen molar-refractivity contribution in [3.8, 4) is 17.2 Å². The molecule has 1 heterocycles. The van der Waals surface area contributed by atoms with Crippen molar-refractivity contribution in [3.63, 3.8) is 0 Å². The van der Waals surface area contributed by atoms with E-state index in [0.29, 0.717) is 13.4 Å². The van der Waals surface area contributed by atoms with Crippen molar-refractivity contribution in [1.82, 2.24) is 0 Å². The molecule has 0 aliphatic carbocycles. The maximum absolute atomic E-state index is 5.87. The van der Waals surface area contributed by atoms with Crippen LogP contribution in [0.4, 0.5) is 0 Å². The molecule has 0 bridgehead atoms. The molecule has 0 fully saturated rings. The van der Waals surface area contributed by atoms with Gasteiger partial charge in [0.25, 0.3) is 0 Å². The predicted octanol–water partition coefficient (Wildman–Crippen LogP) is 5.32. The highest BCUT2D eigenvalue weighted by atomic mass is 79.9. The maximum Gasteiger partial charge on any atom is 0.231 e. The van der Waals surface area contributed by atoms with Crippen LogP contribution in [0.5, 0.6) is 17.2 Å². The maximum atomic E-state index is 5.87. The van der Waals surface area contributed by atoms with Crippen molar-refractivity contribution < 1.29 is 14.2 Å². The van der Waals surface area contributed by atoms with E-state index in [1.54, 1.807) is 0 Å². The van der Waals surface area contributed by atoms with Gasteiger partial charge in [-0.1, -0.05) is 28.1 Å². The van der Waals surface area contributed by atoms with E-state index in [4.69, 9.17) is 14.2 Å². The Morgan fingerprint density at radius 1 is 0.958 bits per heavy atom. The van der Waals surface area contributed by atoms with Crippen LogP contribution in [0.1, 0.15) is 18.1 Å². The molecule has 0 radical (unpaired) electrons. The first-order chi connectivity index (χ1) is 11.7. The molecule has 0 unspecified atom stereocenters. The third-order valence-corrected chi connectivity index (χ3v) is 4.61. The fraction of sp³-hybridized carbons (Fsp3) is 0.200. The molecule has 0 aromatic heterocycles. The Bertz CT molecular complexity index is 905. The fourth-order valence-corrected chi connectivity index (χ4v) is 3.37. The van der Waals surface area contributed by atoms with Crippen LogP contribution >= 0.6 is 15.9 Å². The van der Waals surface area contributed by atoms with Gasteiger partial charge in [0.2, 0.25) is 6.79 Å². The van der Waals surface area contributed by atoms with Gasteiger partial charge < -0.3 is 14.2 Å². The van der Waals surface area contributed by atoms with Crippen LogP contribution in [0.15, 0.2) is 53.0 Å². The molecule has 122 valence electrons. The smallest absolute Gasteiger partial charge is 0.231 e. The first-order valence-corrected chi connectivity index (χ1v) is 8.76. The second-order valence-electron chi connectivity index (χ2n) is 5.75. The average Bonchev–Trinajstić information content (AvgIpc) is 3.03. The Kier molecular flexibility index (Phi) is 4.07. The molecule has 3 aromatic rings. The van der Waals surface area contributed by atoms with Crippen LogP contribution in [0.2, 0.25) is 0 Å². The second kappa shape index (κ2) is 6.36. The van der Waals surface area contributed by atoms with E-state index in [-0.39, 0.29) is 0 Å². The summed E-state index contributed by atoms with van der Waals surface area (Å²) in [6.45, 7) is 2.96. The third kappa shape index (κ3) is 2.94. The van der Waals surface area contributed by atoms with Gasteiger partial charge in [0.15, 0.2) is 11.5 Å². The van der Waals surface area contributed by atoms with Crippen LogP contribution in [0, 0.1) is 0 Å². The minimum Gasteiger partial charge on any atom is -0.494 e. The first-order valence-electron chi connectivity index (χ1n) is 7.96. The van der Waals surface area contributed by atoms with Gasteiger partial charge in [-0.15, -0.1) is 0 Å². The lowest BCUT2D eigenvalue weighted by atomic mass is 9.99. The van der Waals surface area contributed by atoms with Gasteiger partial charge >= 0.3 is 0 Å². The van der Waals surface area contributed by atoms with E-state index in [2.05, 4.69) is 52.3 Å². The van der Waals surface area contributed by atoms with Crippen molar-refractivity contribution in [1.29, 1.82) is 0 Å². The summed E-state index contributed by atoms with van der Waals surface area (Å²) in [5.74, 6) is 2.56. The van der Waals surface area contributed by atoms with Crippen LogP contribution in [-0.4, -0.2) is 13.4 Å². The molecule has 1 aliphatic rings. The zero-order chi connectivity index (χ0) is 16.5. The molecule has 0 N–H and O–H groups in total. The van der Waals surface area contributed by atoms with E-state index < -0.39 is 0 Å². The monoisotopic (exact) mass is 384 g/mol. The standard InChI is InChI=1S/C20H17BrO3/c1-2-22-19-11-14-4-5-17(21)10-15(14)9-16(19)7-13-3-6-18-20(8-13)24-12-23-18/h3-6,8-11H,2,7,12H2,1H3. The largest absolute Gasteiger partial charge is 0.494 e. The minimum absolute atomic E-state index is 0.299. The van der Waals surface area contributed by atoms with Gasteiger partial charge in [-0.05, 0) is 65.2 Å². The lowest BCUT2D eigenvalue weighted by Crippen LogP contribution is -1.98. The fourth-order valence-electron chi connectivity index (χ4n) is 2.99. The highest BCUT2D eigenvalue weighted by Gasteiger charge is 2.14. The first kappa shape index (κ1) is 15.3. The molecule has 4 rings (SSSR count). The summed E-state index contributed by atoms with van der Waals surface area (Å²) in [4.78, 5) is 0. The summed E-state index contributed by atoms with van der Waals surface area (Å²) in [7, 11) is 0. The van der Waals surface area contributed by atoms with Crippen molar-refractivity contribution >= 4 is 26.7 Å².